The van der Waals surface area contributed by atoms with Crippen molar-refractivity contribution < 1.29 is 4.74 Å². The van der Waals surface area contributed by atoms with Crippen molar-refractivity contribution in [1.29, 1.82) is 0 Å². The third kappa shape index (κ3) is 1.03. The van der Waals surface area contributed by atoms with Gasteiger partial charge >= 0.3 is 0 Å². The van der Waals surface area contributed by atoms with Gasteiger partial charge in [-0.3, -0.25) is 0 Å². The van der Waals surface area contributed by atoms with Crippen LogP contribution in [0.25, 0.3) is 0 Å². The molecule has 2 N–H and O–H groups in total. The first-order valence-electron chi connectivity index (χ1n) is 5.25. The molecule has 76 valence electrons. The molecule has 3 rings (SSSR count). The van der Waals surface area contributed by atoms with Crippen LogP contribution < -0.4 is 5.73 Å². The number of hydrogen-bond acceptors (Lipinski definition) is 3. The lowest BCUT2D eigenvalue weighted by molar-refractivity contribution is -0.0211. The molecule has 0 aromatic carbocycles. The largest absolute Gasteiger partial charge is 0.370 e. The van der Waals surface area contributed by atoms with Crippen molar-refractivity contribution >= 4 is 11.3 Å². The number of fused-ring (bicyclic) bond motifs is 2. The van der Waals surface area contributed by atoms with Gasteiger partial charge in [0.2, 0.25) is 0 Å². The van der Waals surface area contributed by atoms with Crippen LogP contribution in [-0.4, -0.2) is 13.2 Å². The van der Waals surface area contributed by atoms with Gasteiger partial charge in [0.15, 0.2) is 0 Å². The Labute approximate surface area is 88.1 Å². The molecule has 1 aliphatic carbocycles. The molecule has 1 aliphatic heterocycles. The summed E-state index contributed by atoms with van der Waals surface area (Å²) < 4.78 is 5.86. The molecule has 1 unspecified atom stereocenters. The molecule has 0 radical (unpaired) electrons. The van der Waals surface area contributed by atoms with Gasteiger partial charge in [0.1, 0.15) is 6.10 Å². The number of thiophene rings is 1. The molecular weight excluding hydrogens is 194 g/mol. The highest BCUT2D eigenvalue weighted by molar-refractivity contribution is 7.10. The summed E-state index contributed by atoms with van der Waals surface area (Å²) in [5.74, 6) is 0. The monoisotopic (exact) mass is 209 g/mol. The van der Waals surface area contributed by atoms with Gasteiger partial charge in [0.25, 0.3) is 0 Å². The van der Waals surface area contributed by atoms with E-state index in [1.807, 2.05) is 0 Å². The van der Waals surface area contributed by atoms with E-state index in [1.54, 1.807) is 11.3 Å². The second-order valence-electron chi connectivity index (χ2n) is 4.37. The smallest absolute Gasteiger partial charge is 0.104 e. The van der Waals surface area contributed by atoms with Crippen molar-refractivity contribution in [2.24, 2.45) is 5.73 Å². The molecule has 0 saturated heterocycles. The van der Waals surface area contributed by atoms with E-state index < -0.39 is 0 Å². The molecule has 0 amide bonds. The Hall–Kier alpha value is -0.380. The summed E-state index contributed by atoms with van der Waals surface area (Å²) in [6.07, 6.45) is 4.12. The fraction of sp³-hybridized carbons (Fsp3) is 0.636. The van der Waals surface area contributed by atoms with E-state index in [0.717, 1.165) is 6.61 Å². The third-order valence-corrected chi connectivity index (χ3v) is 4.65. The Morgan fingerprint density at radius 2 is 2.43 bits per heavy atom. The summed E-state index contributed by atoms with van der Waals surface area (Å²) >= 11 is 1.80. The summed E-state index contributed by atoms with van der Waals surface area (Å²) in [7, 11) is 0. The molecule has 1 fully saturated rings. The van der Waals surface area contributed by atoms with Crippen LogP contribution in [0.5, 0.6) is 0 Å². The molecular formula is C11H15NOS. The molecule has 1 spiro atoms. The highest BCUT2D eigenvalue weighted by atomic mass is 32.1. The predicted molar refractivity (Wildman–Crippen MR) is 57.6 cm³/mol. The second-order valence-corrected chi connectivity index (χ2v) is 5.32. The minimum atomic E-state index is 0.163. The summed E-state index contributed by atoms with van der Waals surface area (Å²) in [4.78, 5) is 1.39. The van der Waals surface area contributed by atoms with Crippen LogP contribution in [0.1, 0.15) is 35.8 Å². The summed E-state index contributed by atoms with van der Waals surface area (Å²) in [6.45, 7) is 1.50. The van der Waals surface area contributed by atoms with Crippen molar-refractivity contribution in [3.63, 3.8) is 0 Å². The fourth-order valence-corrected chi connectivity index (χ4v) is 3.69. The molecule has 14 heavy (non-hydrogen) atoms. The average molecular weight is 209 g/mol. The van der Waals surface area contributed by atoms with Crippen LogP contribution in [0.4, 0.5) is 0 Å². The van der Waals surface area contributed by atoms with Crippen LogP contribution in [0.15, 0.2) is 11.4 Å². The van der Waals surface area contributed by atoms with Crippen molar-refractivity contribution in [1.82, 2.24) is 0 Å². The lowest BCUT2D eigenvalue weighted by atomic mass is 9.64. The van der Waals surface area contributed by atoms with Crippen molar-refractivity contribution in [3.8, 4) is 0 Å². The van der Waals surface area contributed by atoms with E-state index in [0.29, 0.717) is 12.0 Å². The summed E-state index contributed by atoms with van der Waals surface area (Å²) in [5.41, 5.74) is 7.62. The molecule has 1 aromatic rings. The summed E-state index contributed by atoms with van der Waals surface area (Å²) in [5, 5.41) is 2.18. The maximum Gasteiger partial charge on any atom is 0.104 e. The number of ether oxygens (including phenoxy) is 1. The van der Waals surface area contributed by atoms with E-state index in [1.165, 1.54) is 29.7 Å². The van der Waals surface area contributed by atoms with E-state index in [9.17, 15) is 0 Å². The predicted octanol–water partition coefficient (Wildman–Crippen LogP) is 2.20. The first-order valence-corrected chi connectivity index (χ1v) is 6.13. The maximum atomic E-state index is 5.86. The first-order chi connectivity index (χ1) is 6.86. The number of nitrogens with two attached hydrogens (primary N) is 1. The minimum Gasteiger partial charge on any atom is -0.370 e. The van der Waals surface area contributed by atoms with Crippen molar-refractivity contribution in [2.75, 3.05) is 13.2 Å². The zero-order chi connectivity index (χ0) is 9.60. The number of rotatable bonds is 1. The van der Waals surface area contributed by atoms with Crippen LogP contribution in [-0.2, 0) is 10.2 Å². The standard InChI is InChI=1S/C11H15NOS/c12-6-9-10-8(2-5-14-10)11(7-13-9)3-1-4-11/h2,5,9H,1,3-4,6-7,12H2. The van der Waals surface area contributed by atoms with Gasteiger partial charge in [-0.1, -0.05) is 6.42 Å². The Bertz CT molecular complexity index is 343. The Balaban J connectivity index is 2.03. The maximum absolute atomic E-state index is 5.86. The van der Waals surface area contributed by atoms with Crippen molar-refractivity contribution in [2.45, 2.75) is 30.8 Å². The lowest BCUT2D eigenvalue weighted by Gasteiger charge is -2.46. The Kier molecular flexibility index (Phi) is 1.94. The van der Waals surface area contributed by atoms with Gasteiger partial charge < -0.3 is 10.5 Å². The zero-order valence-corrected chi connectivity index (χ0v) is 8.98. The van der Waals surface area contributed by atoms with Crippen LogP contribution in [0.2, 0.25) is 0 Å². The highest BCUT2D eigenvalue weighted by Crippen LogP contribution is 2.51. The van der Waals surface area contributed by atoms with Gasteiger partial charge in [-0.25, -0.2) is 0 Å². The second kappa shape index (κ2) is 3.05. The third-order valence-electron chi connectivity index (χ3n) is 3.64. The minimum absolute atomic E-state index is 0.163. The van der Waals surface area contributed by atoms with Gasteiger partial charge in [-0.05, 0) is 29.9 Å². The highest BCUT2D eigenvalue weighted by Gasteiger charge is 2.45. The fourth-order valence-electron chi connectivity index (χ4n) is 2.61. The topological polar surface area (TPSA) is 35.2 Å². The summed E-state index contributed by atoms with van der Waals surface area (Å²) in [6, 6.07) is 2.28. The quantitative estimate of drug-likeness (QED) is 0.769. The van der Waals surface area contributed by atoms with E-state index in [4.69, 9.17) is 10.5 Å². The molecule has 3 heteroatoms. The molecule has 0 bridgehead atoms. The van der Waals surface area contributed by atoms with Crippen LogP contribution >= 0.6 is 11.3 Å². The Morgan fingerprint density at radius 3 is 3.07 bits per heavy atom. The van der Waals surface area contributed by atoms with Crippen LogP contribution in [0.3, 0.4) is 0 Å². The molecule has 2 nitrogen and oxygen atoms in total. The van der Waals surface area contributed by atoms with Gasteiger partial charge in [0.05, 0.1) is 6.61 Å². The molecule has 1 aromatic heterocycles. The van der Waals surface area contributed by atoms with Crippen molar-refractivity contribution in [3.05, 3.63) is 21.9 Å². The van der Waals surface area contributed by atoms with Gasteiger partial charge in [0, 0.05) is 16.8 Å². The normalized spacial score (nSPS) is 28.5. The van der Waals surface area contributed by atoms with Gasteiger partial charge in [-0.2, -0.15) is 0 Å². The zero-order valence-electron chi connectivity index (χ0n) is 8.16. The molecule has 2 heterocycles. The first kappa shape index (κ1) is 8.89. The average Bonchev–Trinajstić information content (AvgIpc) is 2.62. The molecule has 2 aliphatic rings. The van der Waals surface area contributed by atoms with Gasteiger partial charge in [-0.15, -0.1) is 11.3 Å². The molecule has 1 saturated carbocycles. The van der Waals surface area contributed by atoms with E-state index in [-0.39, 0.29) is 6.10 Å². The number of hydrogen-bond donors (Lipinski definition) is 1. The molecule has 1 atom stereocenters. The van der Waals surface area contributed by atoms with Crippen LogP contribution in [0, 0.1) is 0 Å². The van der Waals surface area contributed by atoms with E-state index in [2.05, 4.69) is 11.4 Å². The lowest BCUT2D eigenvalue weighted by Crippen LogP contribution is -2.43. The van der Waals surface area contributed by atoms with E-state index >= 15 is 0 Å². The SMILES string of the molecule is NCC1OCC2(CCC2)c2ccsc21. The Morgan fingerprint density at radius 1 is 1.57 bits per heavy atom.